The Balaban J connectivity index is 3.04. The quantitative estimate of drug-likeness (QED) is 0.737. The van der Waals surface area contributed by atoms with Gasteiger partial charge in [-0.25, -0.2) is 0 Å². The minimum atomic E-state index is -1.07. The average Bonchev–Trinajstić information content (AvgIpc) is 2.14. The molecule has 0 bridgehead atoms. The van der Waals surface area contributed by atoms with E-state index in [2.05, 4.69) is 5.32 Å². The molecule has 18 heavy (non-hydrogen) atoms. The van der Waals surface area contributed by atoms with E-state index in [1.165, 1.54) is 0 Å². The van der Waals surface area contributed by atoms with E-state index in [4.69, 9.17) is 17.3 Å². The van der Waals surface area contributed by atoms with E-state index in [9.17, 15) is 9.90 Å². The van der Waals surface area contributed by atoms with Gasteiger partial charge in [0.05, 0.1) is 21.7 Å². The highest BCUT2D eigenvalue weighted by atomic mass is 35.5. The second-order valence-corrected chi connectivity index (χ2v) is 5.75. The monoisotopic (exact) mass is 270 g/mol. The molecule has 0 aliphatic heterocycles. The van der Waals surface area contributed by atoms with Crippen molar-refractivity contribution in [2.45, 2.75) is 38.8 Å². The zero-order valence-corrected chi connectivity index (χ0v) is 11.8. The summed E-state index contributed by atoms with van der Waals surface area (Å²) in [6.45, 7) is 6.72. The summed E-state index contributed by atoms with van der Waals surface area (Å²) in [4.78, 5) is 12.2. The molecule has 5 heteroatoms. The number of hydrogen-bond donors (Lipinski definition) is 3. The smallest absolute Gasteiger partial charge is 0.255 e. The number of benzene rings is 1. The minimum absolute atomic E-state index is 0.233. The molecule has 0 fully saturated rings. The number of rotatable bonds is 3. The highest BCUT2D eigenvalue weighted by Crippen LogP contribution is 2.25. The van der Waals surface area contributed by atoms with Crippen LogP contribution in [0.2, 0.25) is 5.02 Å². The lowest BCUT2D eigenvalue weighted by atomic mass is 9.85. The van der Waals surface area contributed by atoms with Gasteiger partial charge in [-0.3, -0.25) is 4.79 Å². The lowest BCUT2D eigenvalue weighted by Gasteiger charge is -2.38. The fourth-order valence-electron chi connectivity index (χ4n) is 1.28. The van der Waals surface area contributed by atoms with Crippen LogP contribution in [0.25, 0.3) is 0 Å². The van der Waals surface area contributed by atoms with Gasteiger partial charge in [-0.05, 0) is 39.8 Å². The van der Waals surface area contributed by atoms with Gasteiger partial charge >= 0.3 is 0 Å². The van der Waals surface area contributed by atoms with Gasteiger partial charge in [-0.2, -0.15) is 0 Å². The van der Waals surface area contributed by atoms with E-state index in [0.29, 0.717) is 10.7 Å². The summed E-state index contributed by atoms with van der Waals surface area (Å²) in [6, 6.07) is 4.89. The minimum Gasteiger partial charge on any atom is -0.398 e. The summed E-state index contributed by atoms with van der Waals surface area (Å²) in [5.74, 6) is -0.398. The third-order valence-electron chi connectivity index (χ3n) is 3.23. The van der Waals surface area contributed by atoms with Gasteiger partial charge in [0, 0.05) is 5.69 Å². The van der Waals surface area contributed by atoms with Crippen molar-refractivity contribution < 1.29 is 9.90 Å². The number of amides is 1. The van der Waals surface area contributed by atoms with Crippen molar-refractivity contribution in [1.82, 2.24) is 5.32 Å². The number of nitrogens with two attached hydrogens (primary N) is 1. The number of halogens is 1. The molecule has 0 saturated heterocycles. The van der Waals surface area contributed by atoms with Crippen LogP contribution in [0.5, 0.6) is 0 Å². The Morgan fingerprint density at radius 3 is 2.33 bits per heavy atom. The molecule has 100 valence electrons. The Hall–Kier alpha value is -1.26. The normalized spacial score (nSPS) is 12.3. The molecule has 1 rings (SSSR count). The molecule has 0 aliphatic carbocycles. The SMILES string of the molecule is CC(C)(O)C(C)(C)NC(=O)c1c(N)cccc1Cl. The molecule has 4 nitrogen and oxygen atoms in total. The number of carbonyl (C=O) groups is 1. The van der Waals surface area contributed by atoms with Crippen LogP contribution in [0.1, 0.15) is 38.1 Å². The van der Waals surface area contributed by atoms with E-state index >= 15 is 0 Å². The summed E-state index contributed by atoms with van der Waals surface area (Å²) in [5.41, 5.74) is 4.41. The van der Waals surface area contributed by atoms with Crippen molar-refractivity contribution in [3.05, 3.63) is 28.8 Å². The van der Waals surface area contributed by atoms with Gasteiger partial charge in [-0.15, -0.1) is 0 Å². The number of nitrogens with one attached hydrogen (secondary N) is 1. The van der Waals surface area contributed by atoms with Crippen LogP contribution in [-0.2, 0) is 0 Å². The van der Waals surface area contributed by atoms with Crippen LogP contribution in [0.3, 0.4) is 0 Å². The Bertz CT molecular complexity index is 444. The fraction of sp³-hybridized carbons (Fsp3) is 0.462. The molecule has 0 spiro atoms. The largest absolute Gasteiger partial charge is 0.398 e. The van der Waals surface area contributed by atoms with Crippen LogP contribution in [0, 0.1) is 0 Å². The molecule has 0 saturated carbocycles. The van der Waals surface area contributed by atoms with Crippen LogP contribution >= 0.6 is 11.6 Å². The molecular formula is C13H19ClN2O2. The maximum absolute atomic E-state index is 12.2. The van der Waals surface area contributed by atoms with Crippen LogP contribution in [-0.4, -0.2) is 22.2 Å². The molecule has 1 aromatic carbocycles. The topological polar surface area (TPSA) is 75.3 Å². The van der Waals surface area contributed by atoms with E-state index in [1.54, 1.807) is 45.9 Å². The standard InChI is InChI=1S/C13H19ClN2O2/c1-12(2,13(3,4)18)16-11(17)10-8(14)6-5-7-9(10)15/h5-7,18H,15H2,1-4H3,(H,16,17). The summed E-state index contributed by atoms with van der Waals surface area (Å²) in [7, 11) is 0. The van der Waals surface area contributed by atoms with Crippen molar-refractivity contribution in [3.63, 3.8) is 0 Å². The second-order valence-electron chi connectivity index (χ2n) is 5.34. The van der Waals surface area contributed by atoms with E-state index in [-0.39, 0.29) is 5.56 Å². The zero-order valence-electron chi connectivity index (χ0n) is 11.0. The summed E-state index contributed by atoms with van der Waals surface area (Å²) in [6.07, 6.45) is 0. The van der Waals surface area contributed by atoms with Crippen molar-refractivity contribution in [2.24, 2.45) is 0 Å². The number of anilines is 1. The zero-order chi connectivity index (χ0) is 14.1. The molecule has 0 atom stereocenters. The highest BCUT2D eigenvalue weighted by molar-refractivity contribution is 6.34. The molecule has 0 unspecified atom stereocenters. The predicted octanol–water partition coefficient (Wildman–Crippen LogP) is 2.20. The van der Waals surface area contributed by atoms with E-state index in [0.717, 1.165) is 0 Å². The van der Waals surface area contributed by atoms with Crippen molar-refractivity contribution in [2.75, 3.05) is 5.73 Å². The average molecular weight is 271 g/mol. The van der Waals surface area contributed by atoms with Gasteiger partial charge in [0.1, 0.15) is 0 Å². The molecular weight excluding hydrogens is 252 g/mol. The number of carbonyl (C=O) groups excluding carboxylic acids is 1. The maximum atomic E-state index is 12.2. The van der Waals surface area contributed by atoms with Crippen LogP contribution in [0.15, 0.2) is 18.2 Å². The molecule has 0 aliphatic rings. The molecule has 0 aromatic heterocycles. The van der Waals surface area contributed by atoms with Crippen molar-refractivity contribution in [3.8, 4) is 0 Å². The Morgan fingerprint density at radius 1 is 1.33 bits per heavy atom. The Labute approximate surface area is 112 Å². The van der Waals surface area contributed by atoms with Crippen LogP contribution < -0.4 is 11.1 Å². The first-order valence-corrected chi connectivity index (χ1v) is 6.03. The maximum Gasteiger partial charge on any atom is 0.255 e. The summed E-state index contributed by atoms with van der Waals surface area (Å²) < 4.78 is 0. The number of nitrogen functional groups attached to an aromatic ring is 1. The summed E-state index contributed by atoms with van der Waals surface area (Å²) >= 11 is 5.96. The highest BCUT2D eigenvalue weighted by Gasteiger charge is 2.37. The predicted molar refractivity (Wildman–Crippen MR) is 73.7 cm³/mol. The molecule has 4 N–H and O–H groups in total. The van der Waals surface area contributed by atoms with Gasteiger partial charge < -0.3 is 16.2 Å². The molecule has 1 amide bonds. The number of aliphatic hydroxyl groups is 1. The van der Waals surface area contributed by atoms with Crippen molar-refractivity contribution in [1.29, 1.82) is 0 Å². The first kappa shape index (κ1) is 14.8. The summed E-state index contributed by atoms with van der Waals surface area (Å²) in [5, 5.41) is 13.0. The van der Waals surface area contributed by atoms with E-state index < -0.39 is 17.0 Å². The van der Waals surface area contributed by atoms with Crippen molar-refractivity contribution >= 4 is 23.2 Å². The molecule has 0 heterocycles. The lowest BCUT2D eigenvalue weighted by molar-refractivity contribution is -0.00291. The van der Waals surface area contributed by atoms with Crippen LogP contribution in [0.4, 0.5) is 5.69 Å². The van der Waals surface area contributed by atoms with Gasteiger partial charge in [0.25, 0.3) is 5.91 Å². The lowest BCUT2D eigenvalue weighted by Crippen LogP contribution is -2.57. The van der Waals surface area contributed by atoms with Gasteiger partial charge in [0.2, 0.25) is 0 Å². The first-order valence-electron chi connectivity index (χ1n) is 5.65. The third kappa shape index (κ3) is 2.94. The molecule has 0 radical (unpaired) electrons. The number of hydrogen-bond acceptors (Lipinski definition) is 3. The Kier molecular flexibility index (Phi) is 3.93. The van der Waals surface area contributed by atoms with Gasteiger partial charge in [-0.1, -0.05) is 17.7 Å². The fourth-order valence-corrected chi connectivity index (χ4v) is 1.55. The van der Waals surface area contributed by atoms with E-state index in [1.807, 2.05) is 0 Å². The second kappa shape index (κ2) is 4.78. The third-order valence-corrected chi connectivity index (χ3v) is 3.54. The molecule has 1 aromatic rings. The Morgan fingerprint density at radius 2 is 1.89 bits per heavy atom. The first-order chi connectivity index (χ1) is 8.06. The van der Waals surface area contributed by atoms with Gasteiger partial charge in [0.15, 0.2) is 0 Å².